The van der Waals surface area contributed by atoms with Crippen molar-refractivity contribution in [2.75, 3.05) is 7.11 Å². The van der Waals surface area contributed by atoms with Gasteiger partial charge in [-0.1, -0.05) is 46.6 Å². The van der Waals surface area contributed by atoms with E-state index in [1.165, 1.54) is 7.11 Å². The second-order valence-corrected chi connectivity index (χ2v) is 10.6. The van der Waals surface area contributed by atoms with Gasteiger partial charge in [0.05, 0.1) is 22.7 Å². The Balaban J connectivity index is 1.28. The molecule has 0 N–H and O–H groups in total. The maximum atomic E-state index is 12.2. The quantitative estimate of drug-likeness (QED) is 0.184. The zero-order chi connectivity index (χ0) is 27.3. The SMILES string of the molecule is COC(=O)c1c(C)oc2cc(-c3ccc(OCc4c(-c5c(Cl)cccc5Cl)noc4C4CC4)cc3C)ccc12. The number of fused-ring (bicyclic) bond motifs is 1. The Hall–Kier alpha value is -3.74. The Labute approximate surface area is 235 Å². The third-order valence-electron chi connectivity index (χ3n) is 7.11. The Morgan fingerprint density at radius 3 is 2.51 bits per heavy atom. The molecule has 0 amide bonds. The lowest BCUT2D eigenvalue weighted by atomic mass is 9.99. The first-order chi connectivity index (χ1) is 18.9. The number of hydrogen-bond donors (Lipinski definition) is 0. The second kappa shape index (κ2) is 10.1. The molecule has 0 radical (unpaired) electrons. The predicted octanol–water partition coefficient (Wildman–Crippen LogP) is 8.92. The van der Waals surface area contributed by atoms with Gasteiger partial charge in [-0.05, 0) is 79.8 Å². The molecule has 39 heavy (non-hydrogen) atoms. The van der Waals surface area contributed by atoms with Gasteiger partial charge in [-0.2, -0.15) is 0 Å². The zero-order valence-electron chi connectivity index (χ0n) is 21.6. The Morgan fingerprint density at radius 1 is 1.05 bits per heavy atom. The van der Waals surface area contributed by atoms with Crippen LogP contribution >= 0.6 is 23.2 Å². The van der Waals surface area contributed by atoms with Crippen molar-refractivity contribution >= 4 is 40.1 Å². The molecule has 0 saturated heterocycles. The number of carbonyl (C=O) groups excluding carboxylic acids is 1. The lowest BCUT2D eigenvalue weighted by Crippen LogP contribution is -2.01. The fourth-order valence-corrected chi connectivity index (χ4v) is 5.57. The van der Waals surface area contributed by atoms with Gasteiger partial charge in [0.2, 0.25) is 0 Å². The van der Waals surface area contributed by atoms with Crippen molar-refractivity contribution < 1.29 is 23.2 Å². The van der Waals surface area contributed by atoms with Crippen molar-refractivity contribution in [3.63, 3.8) is 0 Å². The Bertz CT molecular complexity index is 1710. The van der Waals surface area contributed by atoms with Crippen LogP contribution in [0.2, 0.25) is 10.0 Å². The third-order valence-corrected chi connectivity index (χ3v) is 7.74. The Morgan fingerprint density at radius 2 is 1.82 bits per heavy atom. The van der Waals surface area contributed by atoms with Crippen LogP contribution in [-0.2, 0) is 11.3 Å². The average molecular weight is 562 g/mol. The van der Waals surface area contributed by atoms with E-state index in [0.717, 1.165) is 52.0 Å². The number of carbonyl (C=O) groups is 1. The lowest BCUT2D eigenvalue weighted by Gasteiger charge is -2.12. The van der Waals surface area contributed by atoms with Crippen molar-refractivity contribution in [1.29, 1.82) is 0 Å². The summed E-state index contributed by atoms with van der Waals surface area (Å²) in [4.78, 5) is 12.2. The number of hydrogen-bond acceptors (Lipinski definition) is 6. The maximum Gasteiger partial charge on any atom is 0.342 e. The summed E-state index contributed by atoms with van der Waals surface area (Å²) in [5, 5.41) is 6.10. The van der Waals surface area contributed by atoms with Crippen LogP contribution in [0.5, 0.6) is 5.75 Å². The van der Waals surface area contributed by atoms with Crippen molar-refractivity contribution in [1.82, 2.24) is 5.16 Å². The first kappa shape index (κ1) is 25.5. The molecule has 198 valence electrons. The lowest BCUT2D eigenvalue weighted by molar-refractivity contribution is 0.0600. The number of nitrogens with zero attached hydrogens (tertiary/aromatic N) is 1. The van der Waals surface area contributed by atoms with E-state index in [9.17, 15) is 4.79 Å². The summed E-state index contributed by atoms with van der Waals surface area (Å²) in [5.41, 5.74) is 6.27. The van der Waals surface area contributed by atoms with Crippen molar-refractivity contribution in [3.8, 4) is 28.1 Å². The number of aromatic nitrogens is 1. The highest BCUT2D eigenvalue weighted by molar-refractivity contribution is 6.39. The number of aryl methyl sites for hydroxylation is 2. The van der Waals surface area contributed by atoms with Gasteiger partial charge in [0.1, 0.15) is 40.7 Å². The largest absolute Gasteiger partial charge is 0.489 e. The van der Waals surface area contributed by atoms with Crippen LogP contribution in [0.15, 0.2) is 63.5 Å². The van der Waals surface area contributed by atoms with Crippen LogP contribution < -0.4 is 4.74 Å². The van der Waals surface area contributed by atoms with Crippen LogP contribution in [0.3, 0.4) is 0 Å². The van der Waals surface area contributed by atoms with Crippen LogP contribution in [0.1, 0.15) is 51.8 Å². The van der Waals surface area contributed by atoms with Gasteiger partial charge in [0.25, 0.3) is 0 Å². The molecule has 1 fully saturated rings. The van der Waals surface area contributed by atoms with E-state index in [1.807, 2.05) is 43.3 Å². The van der Waals surface area contributed by atoms with Crippen LogP contribution in [0.4, 0.5) is 0 Å². The number of rotatable bonds is 7. The van der Waals surface area contributed by atoms with Gasteiger partial charge in [-0.15, -0.1) is 0 Å². The first-order valence-electron chi connectivity index (χ1n) is 12.6. The minimum absolute atomic E-state index is 0.277. The molecule has 0 atom stereocenters. The number of halogens is 2. The molecule has 8 heteroatoms. The normalized spacial score (nSPS) is 13.2. The summed E-state index contributed by atoms with van der Waals surface area (Å²) >= 11 is 13.0. The van der Waals surface area contributed by atoms with Crippen LogP contribution in [0, 0.1) is 13.8 Å². The fraction of sp³-hybridized carbons (Fsp3) is 0.226. The van der Waals surface area contributed by atoms with Gasteiger partial charge in [-0.3, -0.25) is 0 Å². The summed E-state index contributed by atoms with van der Waals surface area (Å²) in [6, 6.07) is 17.2. The highest BCUT2D eigenvalue weighted by Gasteiger charge is 2.33. The molecule has 0 unspecified atom stereocenters. The highest BCUT2D eigenvalue weighted by Crippen LogP contribution is 2.46. The fourth-order valence-electron chi connectivity index (χ4n) is 5.00. The van der Waals surface area contributed by atoms with E-state index < -0.39 is 5.97 Å². The number of furan rings is 1. The minimum Gasteiger partial charge on any atom is -0.489 e. The summed E-state index contributed by atoms with van der Waals surface area (Å²) in [6.07, 6.45) is 2.12. The first-order valence-corrected chi connectivity index (χ1v) is 13.4. The van der Waals surface area contributed by atoms with Gasteiger partial charge in [0, 0.05) is 16.9 Å². The van der Waals surface area contributed by atoms with E-state index in [0.29, 0.717) is 44.1 Å². The smallest absolute Gasteiger partial charge is 0.342 e. The molecule has 1 aliphatic rings. The summed E-state index contributed by atoms with van der Waals surface area (Å²) < 4.78 is 22.8. The molecule has 6 nitrogen and oxygen atoms in total. The molecule has 3 aromatic carbocycles. The van der Waals surface area contributed by atoms with Crippen LogP contribution in [0.25, 0.3) is 33.4 Å². The Kier molecular flexibility index (Phi) is 6.61. The number of esters is 1. The molecule has 1 saturated carbocycles. The molecule has 0 spiro atoms. The van der Waals surface area contributed by atoms with E-state index in [1.54, 1.807) is 25.1 Å². The summed E-state index contributed by atoms with van der Waals surface area (Å²) in [6.45, 7) is 4.07. The number of methoxy groups -OCH3 is 1. The molecule has 5 aromatic rings. The molecule has 2 heterocycles. The second-order valence-electron chi connectivity index (χ2n) is 9.75. The standard InChI is InChI=1S/C31H25Cl2NO5/c1-16-13-20(10-12-21(16)19-9-11-22-26(14-19)38-17(2)27(22)31(35)36-3)37-15-23-29(34-39-30(23)18-7-8-18)28-24(32)5-4-6-25(28)33/h4-6,9-14,18H,7-8,15H2,1-3H3. The molecule has 6 rings (SSSR count). The monoisotopic (exact) mass is 561 g/mol. The molecule has 1 aliphatic carbocycles. The van der Waals surface area contributed by atoms with Crippen molar-refractivity contribution in [2.24, 2.45) is 0 Å². The maximum absolute atomic E-state index is 12.2. The van der Waals surface area contributed by atoms with E-state index in [4.69, 9.17) is 41.6 Å². The summed E-state index contributed by atoms with van der Waals surface area (Å²) in [7, 11) is 1.37. The zero-order valence-corrected chi connectivity index (χ0v) is 23.2. The molecule has 2 aromatic heterocycles. The van der Waals surface area contributed by atoms with Crippen molar-refractivity contribution in [3.05, 3.63) is 92.9 Å². The highest BCUT2D eigenvalue weighted by atomic mass is 35.5. The van der Waals surface area contributed by atoms with Gasteiger partial charge in [0.15, 0.2) is 0 Å². The van der Waals surface area contributed by atoms with E-state index in [2.05, 4.69) is 5.16 Å². The van der Waals surface area contributed by atoms with Crippen molar-refractivity contribution in [2.45, 2.75) is 39.2 Å². The van der Waals surface area contributed by atoms with E-state index >= 15 is 0 Å². The molecular weight excluding hydrogens is 537 g/mol. The van der Waals surface area contributed by atoms with Crippen LogP contribution in [-0.4, -0.2) is 18.2 Å². The van der Waals surface area contributed by atoms with Gasteiger partial charge in [-0.25, -0.2) is 4.79 Å². The molecule has 0 aliphatic heterocycles. The van der Waals surface area contributed by atoms with E-state index in [-0.39, 0.29) is 6.61 Å². The minimum atomic E-state index is -0.408. The number of benzene rings is 3. The topological polar surface area (TPSA) is 74.7 Å². The molecule has 0 bridgehead atoms. The van der Waals surface area contributed by atoms with Gasteiger partial charge >= 0.3 is 5.97 Å². The summed E-state index contributed by atoms with van der Waals surface area (Å²) in [5.74, 6) is 2.02. The predicted molar refractivity (Wildman–Crippen MR) is 151 cm³/mol. The molecular formula is C31H25Cl2NO5. The average Bonchev–Trinajstić information content (AvgIpc) is 3.59. The number of ether oxygens (including phenoxy) is 2. The van der Waals surface area contributed by atoms with Gasteiger partial charge < -0.3 is 18.4 Å². The third kappa shape index (κ3) is 4.68.